The largest absolute Gasteiger partial charge is 0.497 e. The lowest BCUT2D eigenvalue weighted by Crippen LogP contribution is -2.38. The van der Waals surface area contributed by atoms with Crippen LogP contribution >= 0.6 is 11.6 Å². The Labute approximate surface area is 274 Å². The summed E-state index contributed by atoms with van der Waals surface area (Å²) >= 11 is 6.23. The summed E-state index contributed by atoms with van der Waals surface area (Å²) in [6, 6.07) is 15.8. The number of rotatable bonds is 13. The van der Waals surface area contributed by atoms with Gasteiger partial charge in [0.15, 0.2) is 6.61 Å². The Bertz CT molecular complexity index is 1790. The maximum Gasteiger partial charge on any atom is 0.340 e. The predicted octanol–water partition coefficient (Wildman–Crippen LogP) is 5.48. The molecule has 0 atom stereocenters. The Morgan fingerprint density at radius 1 is 0.978 bits per heavy atom. The first-order valence-corrected chi connectivity index (χ1v) is 17.8. The molecule has 246 valence electrons. The van der Waals surface area contributed by atoms with Crippen LogP contribution in [0.15, 0.2) is 89.2 Å². The lowest BCUT2D eigenvalue weighted by Gasteiger charge is -2.30. The van der Waals surface area contributed by atoms with Crippen molar-refractivity contribution in [2.75, 3.05) is 36.9 Å². The number of amides is 1. The second-order valence-electron chi connectivity index (χ2n) is 10.6. The molecule has 1 fully saturated rings. The number of nitrogens with zero attached hydrogens (tertiary/aromatic N) is 2. The van der Waals surface area contributed by atoms with E-state index >= 15 is 0 Å². The Kier molecular flexibility index (Phi) is 11.5. The van der Waals surface area contributed by atoms with Crippen molar-refractivity contribution >= 4 is 54.9 Å². The molecule has 0 spiro atoms. The quantitative estimate of drug-likeness (QED) is 0.184. The Morgan fingerprint density at radius 2 is 1.65 bits per heavy atom. The van der Waals surface area contributed by atoms with Gasteiger partial charge in [-0.1, -0.05) is 49.1 Å². The first kappa shape index (κ1) is 35.0. The molecule has 14 heteroatoms. The highest BCUT2D eigenvalue weighted by atomic mass is 35.5. The molecule has 0 saturated heterocycles. The van der Waals surface area contributed by atoms with E-state index in [0.717, 1.165) is 42.5 Å². The lowest BCUT2D eigenvalue weighted by molar-refractivity contribution is -0.119. The van der Waals surface area contributed by atoms with E-state index in [-0.39, 0.29) is 38.7 Å². The normalized spacial score (nSPS) is 14.0. The number of carbonyl (C=O) groups is 2. The standard InChI is InChI=1S/C32H36ClN3O8S2/c1-4-20-36(24-14-16-25(43-3)17-15-24)45(39,40)26-18-19-28(33)27(21-26)32(38)44-22-31(37)34-29-12-8-9-13-30(29)46(41,42)35(2)23-10-6-5-7-11-23/h4,8-9,12-19,21,23H,1,5-7,10-11,20,22H2,2-3H3,(H,34,37). The molecule has 1 amide bonds. The second-order valence-corrected chi connectivity index (χ2v) is 14.8. The number of carbonyl (C=O) groups excluding carboxylic acids is 2. The molecule has 0 aromatic heterocycles. The van der Waals surface area contributed by atoms with Gasteiger partial charge in [-0.2, -0.15) is 4.31 Å². The van der Waals surface area contributed by atoms with Gasteiger partial charge >= 0.3 is 5.97 Å². The molecule has 0 heterocycles. The minimum atomic E-state index is -4.20. The highest BCUT2D eigenvalue weighted by Gasteiger charge is 2.31. The fourth-order valence-electron chi connectivity index (χ4n) is 5.14. The summed E-state index contributed by atoms with van der Waals surface area (Å²) in [5.41, 5.74) is 0.0998. The van der Waals surface area contributed by atoms with Gasteiger partial charge in [-0.3, -0.25) is 9.10 Å². The van der Waals surface area contributed by atoms with Crippen LogP contribution in [-0.2, 0) is 29.6 Å². The zero-order valence-electron chi connectivity index (χ0n) is 25.5. The molecule has 46 heavy (non-hydrogen) atoms. The van der Waals surface area contributed by atoms with Crippen LogP contribution in [-0.4, -0.2) is 66.4 Å². The van der Waals surface area contributed by atoms with Crippen molar-refractivity contribution in [1.29, 1.82) is 0 Å². The smallest absolute Gasteiger partial charge is 0.340 e. The van der Waals surface area contributed by atoms with Crippen LogP contribution < -0.4 is 14.4 Å². The van der Waals surface area contributed by atoms with Crippen LogP contribution in [0.2, 0.25) is 5.02 Å². The van der Waals surface area contributed by atoms with E-state index in [1.165, 1.54) is 48.8 Å². The number of sulfonamides is 2. The van der Waals surface area contributed by atoms with Gasteiger partial charge in [-0.15, -0.1) is 6.58 Å². The van der Waals surface area contributed by atoms with Gasteiger partial charge in [0.2, 0.25) is 10.0 Å². The molecular weight excluding hydrogens is 654 g/mol. The number of esters is 1. The number of hydrogen-bond donors (Lipinski definition) is 1. The third-order valence-corrected chi connectivity index (χ3v) is 11.7. The molecular formula is C32H36ClN3O8S2. The topological polar surface area (TPSA) is 139 Å². The molecule has 1 saturated carbocycles. The maximum absolute atomic E-state index is 13.6. The second kappa shape index (κ2) is 15.1. The predicted molar refractivity (Wildman–Crippen MR) is 176 cm³/mol. The molecule has 1 aliphatic rings. The number of hydrogen-bond acceptors (Lipinski definition) is 8. The van der Waals surface area contributed by atoms with Gasteiger partial charge in [0.05, 0.1) is 40.5 Å². The van der Waals surface area contributed by atoms with E-state index < -0.39 is 38.5 Å². The van der Waals surface area contributed by atoms with E-state index in [0.29, 0.717) is 11.4 Å². The molecule has 0 unspecified atom stereocenters. The van der Waals surface area contributed by atoms with Gasteiger partial charge in [0, 0.05) is 13.1 Å². The fourth-order valence-corrected chi connectivity index (χ4v) is 8.36. The molecule has 3 aromatic carbocycles. The molecule has 3 aromatic rings. The van der Waals surface area contributed by atoms with Crippen molar-refractivity contribution in [2.24, 2.45) is 0 Å². The molecule has 0 radical (unpaired) electrons. The lowest BCUT2D eigenvalue weighted by atomic mass is 9.96. The van der Waals surface area contributed by atoms with Crippen LogP contribution in [0, 0.1) is 0 Å². The molecule has 0 bridgehead atoms. The number of ether oxygens (including phenoxy) is 2. The average Bonchev–Trinajstić information content (AvgIpc) is 3.06. The summed E-state index contributed by atoms with van der Waals surface area (Å²) in [6.07, 6.45) is 5.91. The highest BCUT2D eigenvalue weighted by Crippen LogP contribution is 2.31. The minimum absolute atomic E-state index is 0.0400. The number of methoxy groups -OCH3 is 1. The molecule has 1 aliphatic carbocycles. The van der Waals surface area contributed by atoms with Crippen molar-refractivity contribution in [3.63, 3.8) is 0 Å². The Hall–Kier alpha value is -3.91. The van der Waals surface area contributed by atoms with Crippen molar-refractivity contribution < 1.29 is 35.9 Å². The van der Waals surface area contributed by atoms with Crippen molar-refractivity contribution in [1.82, 2.24) is 4.31 Å². The minimum Gasteiger partial charge on any atom is -0.497 e. The van der Waals surface area contributed by atoms with Crippen LogP contribution in [0.25, 0.3) is 0 Å². The Morgan fingerprint density at radius 3 is 2.30 bits per heavy atom. The Balaban J connectivity index is 1.48. The summed E-state index contributed by atoms with van der Waals surface area (Å²) in [6.45, 7) is 2.80. The van der Waals surface area contributed by atoms with Gasteiger partial charge in [0.1, 0.15) is 10.6 Å². The summed E-state index contributed by atoms with van der Waals surface area (Å²) < 4.78 is 66.9. The van der Waals surface area contributed by atoms with Crippen LogP contribution in [0.1, 0.15) is 42.5 Å². The first-order valence-electron chi connectivity index (χ1n) is 14.5. The van der Waals surface area contributed by atoms with E-state index in [1.54, 1.807) is 36.4 Å². The van der Waals surface area contributed by atoms with Gasteiger partial charge in [-0.25, -0.2) is 21.6 Å². The van der Waals surface area contributed by atoms with Crippen LogP contribution in [0.3, 0.4) is 0 Å². The average molecular weight is 690 g/mol. The number of para-hydroxylation sites is 1. The summed E-state index contributed by atoms with van der Waals surface area (Å²) in [5.74, 6) is -1.31. The number of halogens is 1. The molecule has 11 nitrogen and oxygen atoms in total. The van der Waals surface area contributed by atoms with Crippen molar-refractivity contribution in [2.45, 2.75) is 47.9 Å². The summed E-state index contributed by atoms with van der Waals surface area (Å²) in [5, 5.41) is 2.42. The third-order valence-electron chi connectivity index (χ3n) is 7.64. The number of benzene rings is 3. The van der Waals surface area contributed by atoms with Crippen LogP contribution in [0.4, 0.5) is 11.4 Å². The first-order chi connectivity index (χ1) is 21.9. The number of anilines is 2. The number of nitrogens with one attached hydrogen (secondary N) is 1. The maximum atomic E-state index is 13.6. The van der Waals surface area contributed by atoms with E-state index in [2.05, 4.69) is 11.9 Å². The van der Waals surface area contributed by atoms with Gasteiger partial charge in [0.25, 0.3) is 15.9 Å². The van der Waals surface area contributed by atoms with E-state index in [9.17, 15) is 26.4 Å². The van der Waals surface area contributed by atoms with Crippen LogP contribution in [0.5, 0.6) is 5.75 Å². The van der Waals surface area contributed by atoms with Gasteiger partial charge < -0.3 is 14.8 Å². The summed E-state index contributed by atoms with van der Waals surface area (Å²) in [4.78, 5) is 25.5. The zero-order valence-corrected chi connectivity index (χ0v) is 27.9. The molecule has 4 rings (SSSR count). The molecule has 1 N–H and O–H groups in total. The summed E-state index contributed by atoms with van der Waals surface area (Å²) in [7, 11) is -5.10. The zero-order chi connectivity index (χ0) is 33.5. The SMILES string of the molecule is C=CCN(c1ccc(OC)cc1)S(=O)(=O)c1ccc(Cl)c(C(=O)OCC(=O)Nc2ccccc2S(=O)(=O)N(C)C2CCCCC2)c1. The highest BCUT2D eigenvalue weighted by molar-refractivity contribution is 7.92. The van der Waals surface area contributed by atoms with Crippen molar-refractivity contribution in [3.8, 4) is 5.75 Å². The third kappa shape index (κ3) is 7.89. The van der Waals surface area contributed by atoms with Crippen molar-refractivity contribution in [3.05, 3.63) is 90.0 Å². The monoisotopic (exact) mass is 689 g/mol. The van der Waals surface area contributed by atoms with E-state index in [1.807, 2.05) is 0 Å². The van der Waals surface area contributed by atoms with E-state index in [4.69, 9.17) is 21.1 Å². The molecule has 0 aliphatic heterocycles. The van der Waals surface area contributed by atoms with Gasteiger partial charge in [-0.05, 0) is 67.4 Å². The fraction of sp³-hybridized carbons (Fsp3) is 0.312.